The van der Waals surface area contributed by atoms with Crippen LogP contribution in [0.3, 0.4) is 0 Å². The molecule has 186 valence electrons. The quantitative estimate of drug-likeness (QED) is 0.451. The molecule has 6 rings (SSSR count). The second-order valence-corrected chi connectivity index (χ2v) is 13.5. The Morgan fingerprint density at radius 3 is 2.58 bits per heavy atom. The number of hydrogen-bond donors (Lipinski definition) is 0. The van der Waals surface area contributed by atoms with Crippen LogP contribution in [0.5, 0.6) is 0 Å². The van der Waals surface area contributed by atoms with Crippen molar-refractivity contribution in [1.29, 1.82) is 0 Å². The van der Waals surface area contributed by atoms with Gasteiger partial charge in [-0.15, -0.1) is 0 Å². The molecule has 6 aliphatic rings. The van der Waals surface area contributed by atoms with E-state index < -0.39 is 5.79 Å². The molecule has 11 atom stereocenters. The van der Waals surface area contributed by atoms with Crippen LogP contribution in [0, 0.1) is 52.3 Å². The summed E-state index contributed by atoms with van der Waals surface area (Å²) in [6.45, 7) is 10.3. The fourth-order valence-corrected chi connectivity index (χ4v) is 10.5. The molecule has 6 fully saturated rings. The van der Waals surface area contributed by atoms with Crippen LogP contribution in [-0.2, 0) is 19.0 Å². The summed E-state index contributed by atoms with van der Waals surface area (Å²) in [5, 5.41) is 0. The van der Waals surface area contributed by atoms with Crippen molar-refractivity contribution in [3.8, 4) is 0 Å². The van der Waals surface area contributed by atoms with Crippen molar-refractivity contribution in [2.75, 3.05) is 13.2 Å². The third-order valence-corrected chi connectivity index (χ3v) is 12.1. The number of carbonyl (C=O) groups is 1. The van der Waals surface area contributed by atoms with Crippen LogP contribution < -0.4 is 0 Å². The largest absolute Gasteiger partial charge is 0.465 e. The number of fused-ring (bicyclic) bond motifs is 7. The zero-order chi connectivity index (χ0) is 23.0. The first-order valence-corrected chi connectivity index (χ1v) is 14.2. The standard InChI is InChI=1S/C29H46O4/c1-18-10-14-29(32-16-18)24(17-31-19(2)30)26-25(33-29)15-23-21-9-8-20-7-5-6-12-27(20,3)22(21)11-13-28(23,26)4/h18,20-26H,5-17H2,1-4H3/t18?,20?,21-,22+,23+,24+,25+,26+,27+,28+,29-/m1/s1. The lowest BCUT2D eigenvalue weighted by Gasteiger charge is -2.61. The molecular formula is C29H46O4. The van der Waals surface area contributed by atoms with E-state index in [1.165, 1.54) is 64.7 Å². The maximum absolute atomic E-state index is 11.8. The zero-order valence-electron chi connectivity index (χ0n) is 21.4. The van der Waals surface area contributed by atoms with Crippen molar-refractivity contribution < 1.29 is 19.0 Å². The van der Waals surface area contributed by atoms with Crippen molar-refractivity contribution in [3.05, 3.63) is 0 Å². The third-order valence-electron chi connectivity index (χ3n) is 12.1. The summed E-state index contributed by atoms with van der Waals surface area (Å²) < 4.78 is 19.2. The van der Waals surface area contributed by atoms with Crippen LogP contribution in [0.4, 0.5) is 0 Å². The molecule has 4 nitrogen and oxygen atoms in total. The fourth-order valence-electron chi connectivity index (χ4n) is 10.5. The highest BCUT2D eigenvalue weighted by Gasteiger charge is 2.70. The molecule has 0 N–H and O–H groups in total. The highest BCUT2D eigenvalue weighted by molar-refractivity contribution is 5.65. The lowest BCUT2D eigenvalue weighted by Crippen LogP contribution is -2.55. The molecule has 1 spiro atoms. The molecule has 2 unspecified atom stereocenters. The van der Waals surface area contributed by atoms with E-state index in [1.54, 1.807) is 0 Å². The van der Waals surface area contributed by atoms with Gasteiger partial charge in [-0.05, 0) is 91.8 Å². The van der Waals surface area contributed by atoms with Gasteiger partial charge in [-0.1, -0.05) is 33.6 Å². The molecule has 4 aliphatic carbocycles. The monoisotopic (exact) mass is 458 g/mol. The van der Waals surface area contributed by atoms with E-state index in [0.29, 0.717) is 23.9 Å². The van der Waals surface area contributed by atoms with Gasteiger partial charge in [0, 0.05) is 19.3 Å². The van der Waals surface area contributed by atoms with Gasteiger partial charge in [0.05, 0.1) is 25.2 Å². The Bertz CT molecular complexity index is 772. The number of ether oxygens (including phenoxy) is 3. The first kappa shape index (κ1) is 22.8. The molecular weight excluding hydrogens is 412 g/mol. The normalized spacial score (nSPS) is 55.4. The lowest BCUT2D eigenvalue weighted by atomic mass is 9.44. The van der Waals surface area contributed by atoms with E-state index in [9.17, 15) is 4.79 Å². The molecule has 2 aliphatic heterocycles. The highest BCUT2D eigenvalue weighted by Crippen LogP contribution is 2.71. The van der Waals surface area contributed by atoms with Gasteiger partial charge in [-0.2, -0.15) is 0 Å². The van der Waals surface area contributed by atoms with Crippen LogP contribution in [0.1, 0.15) is 98.3 Å². The van der Waals surface area contributed by atoms with E-state index in [0.717, 1.165) is 43.1 Å². The Morgan fingerprint density at radius 1 is 0.970 bits per heavy atom. The smallest absolute Gasteiger partial charge is 0.302 e. The molecule has 0 radical (unpaired) electrons. The van der Waals surface area contributed by atoms with Crippen LogP contribution >= 0.6 is 0 Å². The average Bonchev–Trinajstić information content (AvgIpc) is 3.24. The van der Waals surface area contributed by atoms with Gasteiger partial charge in [0.2, 0.25) is 0 Å². The molecule has 0 bridgehead atoms. The van der Waals surface area contributed by atoms with Gasteiger partial charge in [0.25, 0.3) is 0 Å². The first-order chi connectivity index (χ1) is 15.8. The van der Waals surface area contributed by atoms with Crippen molar-refractivity contribution in [3.63, 3.8) is 0 Å². The van der Waals surface area contributed by atoms with Gasteiger partial charge in [-0.3, -0.25) is 4.79 Å². The summed E-state index contributed by atoms with van der Waals surface area (Å²) in [7, 11) is 0. The van der Waals surface area contributed by atoms with E-state index in [-0.39, 0.29) is 23.4 Å². The van der Waals surface area contributed by atoms with Gasteiger partial charge in [-0.25, -0.2) is 0 Å². The maximum Gasteiger partial charge on any atom is 0.302 e. The first-order valence-electron chi connectivity index (χ1n) is 14.2. The van der Waals surface area contributed by atoms with E-state index in [1.807, 2.05) is 0 Å². The summed E-state index contributed by atoms with van der Waals surface area (Å²) in [5.41, 5.74) is 0.854. The molecule has 0 amide bonds. The van der Waals surface area contributed by atoms with E-state index >= 15 is 0 Å². The Hall–Kier alpha value is -0.610. The van der Waals surface area contributed by atoms with Crippen LogP contribution in [0.2, 0.25) is 0 Å². The Kier molecular flexibility index (Phi) is 5.50. The summed E-state index contributed by atoms with van der Waals surface area (Å²) in [5.74, 6) is 3.98. The minimum Gasteiger partial charge on any atom is -0.465 e. The number of rotatable bonds is 2. The predicted molar refractivity (Wildman–Crippen MR) is 127 cm³/mol. The summed E-state index contributed by atoms with van der Waals surface area (Å²) in [4.78, 5) is 11.8. The second kappa shape index (κ2) is 7.95. The lowest BCUT2D eigenvalue weighted by molar-refractivity contribution is -0.279. The van der Waals surface area contributed by atoms with Crippen LogP contribution in [0.15, 0.2) is 0 Å². The van der Waals surface area contributed by atoms with Gasteiger partial charge >= 0.3 is 5.97 Å². The molecule has 0 aromatic heterocycles. The van der Waals surface area contributed by atoms with Crippen molar-refractivity contribution in [1.82, 2.24) is 0 Å². The molecule has 0 aromatic rings. The third kappa shape index (κ3) is 3.32. The maximum atomic E-state index is 11.8. The van der Waals surface area contributed by atoms with E-state index in [2.05, 4.69) is 20.8 Å². The molecule has 4 saturated carbocycles. The zero-order valence-corrected chi connectivity index (χ0v) is 21.4. The van der Waals surface area contributed by atoms with Gasteiger partial charge in [0.15, 0.2) is 5.79 Å². The van der Waals surface area contributed by atoms with Gasteiger partial charge in [0.1, 0.15) is 0 Å². The molecule has 2 saturated heterocycles. The van der Waals surface area contributed by atoms with Gasteiger partial charge < -0.3 is 14.2 Å². The molecule has 2 heterocycles. The SMILES string of the molecule is CC(=O)OC[C@H]1[C@H]2[C@H](C[C@H]3[C@@H]4CCC5CCCC[C@]5(C)[C@H]4CC[C@]23C)O[C@]12CCC(C)CO2. The number of esters is 1. The summed E-state index contributed by atoms with van der Waals surface area (Å²) >= 11 is 0. The van der Waals surface area contributed by atoms with Crippen LogP contribution in [-0.4, -0.2) is 31.1 Å². The van der Waals surface area contributed by atoms with E-state index in [4.69, 9.17) is 14.2 Å². The number of carbonyl (C=O) groups excluding carboxylic acids is 1. The van der Waals surface area contributed by atoms with Crippen molar-refractivity contribution in [2.45, 2.75) is 110 Å². The second-order valence-electron chi connectivity index (χ2n) is 13.5. The Labute approximate surface area is 200 Å². The average molecular weight is 459 g/mol. The van der Waals surface area contributed by atoms with Crippen molar-refractivity contribution >= 4 is 5.97 Å². The minimum atomic E-state index is -0.533. The summed E-state index contributed by atoms with van der Waals surface area (Å²) in [6.07, 6.45) is 14.9. The molecule has 33 heavy (non-hydrogen) atoms. The molecule has 0 aromatic carbocycles. The van der Waals surface area contributed by atoms with Crippen molar-refractivity contribution in [2.24, 2.45) is 52.3 Å². The minimum absolute atomic E-state index is 0.173. The van der Waals surface area contributed by atoms with Crippen LogP contribution in [0.25, 0.3) is 0 Å². The Balaban J connectivity index is 1.29. The topological polar surface area (TPSA) is 44.8 Å². The predicted octanol–water partition coefficient (Wildman–Crippen LogP) is 6.37. The summed E-state index contributed by atoms with van der Waals surface area (Å²) in [6, 6.07) is 0. The Morgan fingerprint density at radius 2 is 1.82 bits per heavy atom. The number of hydrogen-bond acceptors (Lipinski definition) is 4. The molecule has 4 heteroatoms. The fraction of sp³-hybridized carbons (Fsp3) is 0.966. The highest BCUT2D eigenvalue weighted by atomic mass is 16.7.